The Bertz CT molecular complexity index is 1040. The van der Waals surface area contributed by atoms with Crippen molar-refractivity contribution < 1.29 is 18.0 Å². The second-order valence-corrected chi connectivity index (χ2v) is 9.82. The fraction of sp³-hybridized carbons (Fsp3) is 0.478. The molecule has 1 aromatic heterocycles. The standard InChI is InChI=1S/C23H25F3N4OS/c1-15-12-17(23(24,25)26)14-21(27-15)28-8-10-29(11-9-28)32-19-5-6-20-16(13-19)2-3-18-4-7-22(31)30(18)20/h5-6,12-14,18H,2-4,7-11H2,1H3/t18-/m0/s1. The van der Waals surface area contributed by atoms with Crippen LogP contribution in [-0.4, -0.2) is 47.4 Å². The molecule has 5 rings (SSSR count). The van der Waals surface area contributed by atoms with Crippen LogP contribution >= 0.6 is 11.9 Å². The molecule has 0 radical (unpaired) electrons. The molecule has 3 aliphatic rings. The van der Waals surface area contributed by atoms with Crippen molar-refractivity contribution in [2.75, 3.05) is 36.0 Å². The molecule has 9 heteroatoms. The van der Waals surface area contributed by atoms with Gasteiger partial charge in [0.25, 0.3) is 0 Å². The lowest BCUT2D eigenvalue weighted by Gasteiger charge is -2.35. The Morgan fingerprint density at radius 3 is 2.53 bits per heavy atom. The molecule has 3 aliphatic heterocycles. The fourth-order valence-corrected chi connectivity index (χ4v) is 5.83. The lowest BCUT2D eigenvalue weighted by Crippen LogP contribution is -2.44. The Morgan fingerprint density at radius 1 is 1.03 bits per heavy atom. The minimum Gasteiger partial charge on any atom is -0.354 e. The summed E-state index contributed by atoms with van der Waals surface area (Å²) in [5.41, 5.74) is 2.01. The summed E-state index contributed by atoms with van der Waals surface area (Å²) >= 11 is 1.67. The molecule has 170 valence electrons. The van der Waals surface area contributed by atoms with E-state index in [4.69, 9.17) is 0 Å². The average molecular weight is 463 g/mol. The Balaban J connectivity index is 1.24. The van der Waals surface area contributed by atoms with Gasteiger partial charge in [0.15, 0.2) is 0 Å². The molecule has 0 aliphatic carbocycles. The van der Waals surface area contributed by atoms with Gasteiger partial charge in [0.2, 0.25) is 5.91 Å². The lowest BCUT2D eigenvalue weighted by atomic mass is 9.96. The Hall–Kier alpha value is -2.26. The number of aromatic nitrogens is 1. The number of anilines is 2. The van der Waals surface area contributed by atoms with Gasteiger partial charge in [0.05, 0.1) is 5.56 Å². The largest absolute Gasteiger partial charge is 0.416 e. The second kappa shape index (κ2) is 8.26. The van der Waals surface area contributed by atoms with E-state index in [9.17, 15) is 18.0 Å². The number of fused-ring (bicyclic) bond motifs is 3. The second-order valence-electron chi connectivity index (χ2n) is 8.65. The number of nitrogens with zero attached hydrogens (tertiary/aromatic N) is 4. The van der Waals surface area contributed by atoms with Gasteiger partial charge in [-0.15, -0.1) is 0 Å². The van der Waals surface area contributed by atoms with Crippen LogP contribution in [0.15, 0.2) is 35.2 Å². The number of hydrogen-bond acceptors (Lipinski definition) is 5. The molecule has 0 saturated carbocycles. The summed E-state index contributed by atoms with van der Waals surface area (Å²) in [6.45, 7) is 4.29. The zero-order valence-electron chi connectivity index (χ0n) is 17.9. The van der Waals surface area contributed by atoms with Gasteiger partial charge in [-0.2, -0.15) is 13.2 Å². The third-order valence-corrected chi connectivity index (χ3v) is 7.54. The molecule has 1 amide bonds. The molecule has 1 aromatic carbocycles. The van der Waals surface area contributed by atoms with E-state index in [1.807, 2.05) is 9.80 Å². The zero-order chi connectivity index (χ0) is 22.5. The quantitative estimate of drug-likeness (QED) is 0.620. The first-order valence-corrected chi connectivity index (χ1v) is 11.7. The highest BCUT2D eigenvalue weighted by atomic mass is 32.2. The first-order chi connectivity index (χ1) is 15.3. The summed E-state index contributed by atoms with van der Waals surface area (Å²) in [6, 6.07) is 8.91. The van der Waals surface area contributed by atoms with Crippen molar-refractivity contribution in [3.63, 3.8) is 0 Å². The number of piperazine rings is 1. The molecule has 0 spiro atoms. The maximum absolute atomic E-state index is 13.2. The van der Waals surface area contributed by atoms with E-state index in [0.29, 0.717) is 37.1 Å². The topological polar surface area (TPSA) is 39.7 Å². The number of benzene rings is 1. The molecule has 2 aromatic rings. The number of hydrogen-bond donors (Lipinski definition) is 0. The van der Waals surface area contributed by atoms with E-state index >= 15 is 0 Å². The van der Waals surface area contributed by atoms with E-state index in [1.54, 1.807) is 18.9 Å². The van der Waals surface area contributed by atoms with E-state index in [1.165, 1.54) is 5.56 Å². The number of aryl methyl sites for hydroxylation is 2. The molecule has 4 heterocycles. The molecule has 32 heavy (non-hydrogen) atoms. The van der Waals surface area contributed by atoms with Crippen molar-refractivity contribution >= 4 is 29.4 Å². The van der Waals surface area contributed by atoms with Gasteiger partial charge in [-0.3, -0.25) is 4.79 Å². The summed E-state index contributed by atoms with van der Waals surface area (Å²) < 4.78 is 41.7. The summed E-state index contributed by atoms with van der Waals surface area (Å²) in [6.07, 6.45) is -0.752. The SMILES string of the molecule is Cc1cc(C(F)(F)F)cc(N2CCN(Sc3ccc4c(c3)CC[C@H]3CCC(=O)N43)CC2)n1. The van der Waals surface area contributed by atoms with E-state index in [0.717, 1.165) is 55.1 Å². The summed E-state index contributed by atoms with van der Waals surface area (Å²) in [7, 11) is 0. The number of pyridine rings is 1. The van der Waals surface area contributed by atoms with Crippen LogP contribution in [0.2, 0.25) is 0 Å². The number of rotatable bonds is 3. The van der Waals surface area contributed by atoms with Crippen LogP contribution in [0.4, 0.5) is 24.7 Å². The first kappa shape index (κ1) is 21.6. The Kier molecular flexibility index (Phi) is 5.57. The predicted molar refractivity (Wildman–Crippen MR) is 119 cm³/mol. The summed E-state index contributed by atoms with van der Waals surface area (Å²) in [4.78, 5) is 21.6. The Labute approximate surface area is 189 Å². The van der Waals surface area contributed by atoms with Crippen LogP contribution in [0.3, 0.4) is 0 Å². The predicted octanol–water partition coefficient (Wildman–Crippen LogP) is 4.68. The van der Waals surface area contributed by atoms with Crippen LogP contribution < -0.4 is 9.80 Å². The maximum atomic E-state index is 13.2. The van der Waals surface area contributed by atoms with Gasteiger partial charge < -0.3 is 9.80 Å². The minimum absolute atomic E-state index is 0.228. The molecule has 0 unspecified atom stereocenters. The van der Waals surface area contributed by atoms with Gasteiger partial charge in [-0.05, 0) is 74.0 Å². The minimum atomic E-state index is -4.37. The van der Waals surface area contributed by atoms with Gasteiger partial charge in [0, 0.05) is 54.9 Å². The van der Waals surface area contributed by atoms with E-state index in [-0.39, 0.29) is 5.91 Å². The monoisotopic (exact) mass is 462 g/mol. The van der Waals surface area contributed by atoms with Crippen LogP contribution in [0, 0.1) is 6.92 Å². The molecule has 0 bridgehead atoms. The third-order valence-electron chi connectivity index (χ3n) is 6.45. The lowest BCUT2D eigenvalue weighted by molar-refractivity contribution is -0.137. The van der Waals surface area contributed by atoms with Crippen molar-refractivity contribution in [1.29, 1.82) is 0 Å². The third kappa shape index (κ3) is 4.20. The van der Waals surface area contributed by atoms with Crippen molar-refractivity contribution in [2.24, 2.45) is 0 Å². The Morgan fingerprint density at radius 2 is 1.78 bits per heavy atom. The van der Waals surface area contributed by atoms with Crippen molar-refractivity contribution in [1.82, 2.24) is 9.29 Å². The summed E-state index contributed by atoms with van der Waals surface area (Å²) in [5.74, 6) is 0.617. The van der Waals surface area contributed by atoms with Gasteiger partial charge in [-0.25, -0.2) is 9.29 Å². The highest BCUT2D eigenvalue weighted by molar-refractivity contribution is 7.97. The van der Waals surface area contributed by atoms with Crippen LogP contribution in [0.1, 0.15) is 36.1 Å². The molecular formula is C23H25F3N4OS. The molecule has 5 nitrogen and oxygen atoms in total. The number of carbonyl (C=O) groups excluding carboxylic acids is 1. The highest BCUT2D eigenvalue weighted by Crippen LogP contribution is 2.39. The molecule has 1 atom stereocenters. The van der Waals surface area contributed by atoms with Crippen LogP contribution in [0.5, 0.6) is 0 Å². The fourth-order valence-electron chi connectivity index (χ4n) is 4.86. The van der Waals surface area contributed by atoms with Gasteiger partial charge in [0.1, 0.15) is 5.82 Å². The maximum Gasteiger partial charge on any atom is 0.416 e. The smallest absolute Gasteiger partial charge is 0.354 e. The van der Waals surface area contributed by atoms with E-state index < -0.39 is 11.7 Å². The van der Waals surface area contributed by atoms with Crippen LogP contribution in [-0.2, 0) is 17.4 Å². The average Bonchev–Trinajstić information content (AvgIpc) is 3.14. The van der Waals surface area contributed by atoms with Gasteiger partial charge >= 0.3 is 6.18 Å². The first-order valence-electron chi connectivity index (χ1n) is 11.0. The zero-order valence-corrected chi connectivity index (χ0v) is 18.7. The molecule has 2 fully saturated rings. The molecular weight excluding hydrogens is 437 g/mol. The number of halogens is 3. The molecule has 0 N–H and O–H groups in total. The number of carbonyl (C=O) groups is 1. The molecule has 2 saturated heterocycles. The van der Waals surface area contributed by atoms with Crippen LogP contribution in [0.25, 0.3) is 0 Å². The number of amides is 1. The summed E-state index contributed by atoms with van der Waals surface area (Å²) in [5, 5.41) is 0. The normalized spacial score (nSPS) is 21.6. The van der Waals surface area contributed by atoms with Crippen molar-refractivity contribution in [3.8, 4) is 0 Å². The van der Waals surface area contributed by atoms with E-state index in [2.05, 4.69) is 27.5 Å². The number of alkyl halides is 3. The van der Waals surface area contributed by atoms with Crippen molar-refractivity contribution in [3.05, 3.63) is 47.2 Å². The highest BCUT2D eigenvalue weighted by Gasteiger charge is 2.36. The van der Waals surface area contributed by atoms with Gasteiger partial charge in [-0.1, -0.05) is 0 Å². The van der Waals surface area contributed by atoms with Crippen molar-refractivity contribution in [2.45, 2.75) is 49.7 Å².